The van der Waals surface area contributed by atoms with Crippen LogP contribution in [0.2, 0.25) is 0 Å². The average Bonchev–Trinajstić information content (AvgIpc) is 2.54. The fourth-order valence-electron chi connectivity index (χ4n) is 2.69. The van der Waals surface area contributed by atoms with Crippen LogP contribution in [0.5, 0.6) is 0 Å². The molecule has 1 N–H and O–H groups in total. The maximum absolute atomic E-state index is 4.22. The molecule has 1 rings (SSSR count). The van der Waals surface area contributed by atoms with Crippen molar-refractivity contribution in [1.29, 1.82) is 0 Å². The number of nitrogens with zero attached hydrogens (tertiary/aromatic N) is 1. The molecule has 0 aromatic carbocycles. The largest absolute Gasteiger partial charge is 0.313 e. The average molecular weight is 238 g/mol. The lowest BCUT2D eigenvalue weighted by Crippen LogP contribution is -2.37. The lowest BCUT2D eigenvalue weighted by molar-refractivity contribution is 0.210. The monoisotopic (exact) mass is 238 g/mol. The van der Waals surface area contributed by atoms with Gasteiger partial charge in [-0.1, -0.05) is 33.3 Å². The molecule has 1 atom stereocenters. The fraction of sp³-hybridized carbons (Fsp3) is 0.867. The molecule has 1 aliphatic heterocycles. The number of nitrogens with one attached hydrogen (secondary N) is 1. The molecule has 0 spiro atoms. The molecule has 0 aromatic heterocycles. The zero-order valence-electron chi connectivity index (χ0n) is 11.8. The number of hydrogen-bond donors (Lipinski definition) is 1. The van der Waals surface area contributed by atoms with Crippen LogP contribution in [-0.4, -0.2) is 37.1 Å². The predicted octanol–water partition coefficient (Wildman–Crippen LogP) is 3.20. The first-order valence-electron chi connectivity index (χ1n) is 7.39. The molecular weight excluding hydrogens is 208 g/mol. The SMILES string of the molecule is C=C(CNCCC)CN1CCCCCC1CC. The van der Waals surface area contributed by atoms with Crippen molar-refractivity contribution >= 4 is 0 Å². The molecule has 1 fully saturated rings. The summed E-state index contributed by atoms with van der Waals surface area (Å²) in [5, 5.41) is 3.45. The van der Waals surface area contributed by atoms with Gasteiger partial charge >= 0.3 is 0 Å². The Kier molecular flexibility index (Phi) is 7.54. The normalized spacial score (nSPS) is 22.4. The standard InChI is InChI=1S/C15H30N2/c1-4-10-16-12-14(3)13-17-11-8-6-7-9-15(17)5-2/h15-16H,3-13H2,1-2H3. The Morgan fingerprint density at radius 1 is 1.29 bits per heavy atom. The van der Waals surface area contributed by atoms with E-state index in [4.69, 9.17) is 0 Å². The van der Waals surface area contributed by atoms with Crippen LogP contribution in [0.25, 0.3) is 0 Å². The first kappa shape index (κ1) is 14.7. The van der Waals surface area contributed by atoms with Crippen LogP contribution in [-0.2, 0) is 0 Å². The van der Waals surface area contributed by atoms with E-state index < -0.39 is 0 Å². The van der Waals surface area contributed by atoms with Gasteiger partial charge in [-0.3, -0.25) is 4.90 Å². The molecule has 0 aromatic rings. The number of likely N-dealkylation sites (tertiary alicyclic amines) is 1. The summed E-state index contributed by atoms with van der Waals surface area (Å²) < 4.78 is 0. The summed E-state index contributed by atoms with van der Waals surface area (Å²) in [6, 6.07) is 0.792. The van der Waals surface area contributed by atoms with Gasteiger partial charge in [0, 0.05) is 19.1 Å². The summed E-state index contributed by atoms with van der Waals surface area (Å²) in [4.78, 5) is 2.66. The Bertz CT molecular complexity index is 213. The Balaban J connectivity index is 2.32. The molecule has 1 heterocycles. The van der Waals surface area contributed by atoms with E-state index in [1.807, 2.05) is 0 Å². The maximum Gasteiger partial charge on any atom is 0.0205 e. The molecule has 2 nitrogen and oxygen atoms in total. The van der Waals surface area contributed by atoms with Gasteiger partial charge in [0.05, 0.1) is 0 Å². The van der Waals surface area contributed by atoms with E-state index in [1.54, 1.807) is 0 Å². The van der Waals surface area contributed by atoms with Crippen molar-refractivity contribution < 1.29 is 0 Å². The van der Waals surface area contributed by atoms with Crippen molar-refractivity contribution in [2.45, 2.75) is 58.4 Å². The van der Waals surface area contributed by atoms with E-state index in [9.17, 15) is 0 Å². The van der Waals surface area contributed by atoms with Crippen molar-refractivity contribution in [2.24, 2.45) is 0 Å². The van der Waals surface area contributed by atoms with Gasteiger partial charge in [0.2, 0.25) is 0 Å². The van der Waals surface area contributed by atoms with Gasteiger partial charge < -0.3 is 5.32 Å². The summed E-state index contributed by atoms with van der Waals surface area (Å²) in [6.07, 6.45) is 8.06. The molecule has 2 heteroatoms. The lowest BCUT2D eigenvalue weighted by Gasteiger charge is -2.29. The predicted molar refractivity (Wildman–Crippen MR) is 76.4 cm³/mol. The number of rotatable bonds is 7. The van der Waals surface area contributed by atoms with Crippen LogP contribution in [0.4, 0.5) is 0 Å². The lowest BCUT2D eigenvalue weighted by atomic mass is 10.1. The summed E-state index contributed by atoms with van der Waals surface area (Å²) in [6.45, 7) is 13.2. The second kappa shape index (κ2) is 8.71. The highest BCUT2D eigenvalue weighted by Gasteiger charge is 2.19. The number of hydrogen-bond acceptors (Lipinski definition) is 2. The molecule has 1 aliphatic rings. The van der Waals surface area contributed by atoms with Crippen LogP contribution >= 0.6 is 0 Å². The summed E-state index contributed by atoms with van der Waals surface area (Å²) in [5.74, 6) is 0. The van der Waals surface area contributed by atoms with Crippen molar-refractivity contribution in [1.82, 2.24) is 10.2 Å². The smallest absolute Gasteiger partial charge is 0.0205 e. The van der Waals surface area contributed by atoms with Gasteiger partial charge in [0.1, 0.15) is 0 Å². The Hall–Kier alpha value is -0.340. The van der Waals surface area contributed by atoms with E-state index in [0.717, 1.165) is 25.7 Å². The zero-order chi connectivity index (χ0) is 12.5. The topological polar surface area (TPSA) is 15.3 Å². The third-order valence-electron chi connectivity index (χ3n) is 3.70. The van der Waals surface area contributed by atoms with E-state index in [0.29, 0.717) is 0 Å². The fourth-order valence-corrected chi connectivity index (χ4v) is 2.69. The molecule has 17 heavy (non-hydrogen) atoms. The third kappa shape index (κ3) is 5.69. The van der Waals surface area contributed by atoms with Crippen LogP contribution in [0, 0.1) is 0 Å². The first-order valence-corrected chi connectivity index (χ1v) is 7.39. The molecule has 0 amide bonds. The van der Waals surface area contributed by atoms with Crippen molar-refractivity contribution in [2.75, 3.05) is 26.2 Å². The molecule has 1 unspecified atom stereocenters. The van der Waals surface area contributed by atoms with E-state index in [1.165, 1.54) is 50.6 Å². The molecule has 0 radical (unpaired) electrons. The van der Waals surface area contributed by atoms with Gasteiger partial charge in [-0.25, -0.2) is 0 Å². The third-order valence-corrected chi connectivity index (χ3v) is 3.70. The summed E-state index contributed by atoms with van der Waals surface area (Å²) in [5.41, 5.74) is 1.35. The van der Waals surface area contributed by atoms with E-state index in [-0.39, 0.29) is 0 Å². The first-order chi connectivity index (χ1) is 8.27. The van der Waals surface area contributed by atoms with Gasteiger partial charge in [0.15, 0.2) is 0 Å². The minimum Gasteiger partial charge on any atom is -0.313 e. The highest BCUT2D eigenvalue weighted by atomic mass is 15.2. The molecule has 100 valence electrons. The van der Waals surface area contributed by atoms with Crippen LogP contribution < -0.4 is 5.32 Å². The molecule has 0 saturated carbocycles. The molecular formula is C15H30N2. The highest BCUT2D eigenvalue weighted by Crippen LogP contribution is 2.19. The van der Waals surface area contributed by atoms with Gasteiger partial charge in [0.25, 0.3) is 0 Å². The van der Waals surface area contributed by atoms with Gasteiger partial charge in [-0.15, -0.1) is 0 Å². The van der Waals surface area contributed by atoms with Crippen molar-refractivity contribution in [3.8, 4) is 0 Å². The van der Waals surface area contributed by atoms with E-state index in [2.05, 4.69) is 30.6 Å². The minimum absolute atomic E-state index is 0.792. The van der Waals surface area contributed by atoms with Gasteiger partial charge in [-0.05, 0) is 44.3 Å². The molecule has 0 aliphatic carbocycles. The maximum atomic E-state index is 4.22. The van der Waals surface area contributed by atoms with Crippen LogP contribution in [0.3, 0.4) is 0 Å². The summed E-state index contributed by atoms with van der Waals surface area (Å²) >= 11 is 0. The molecule has 0 bridgehead atoms. The second-order valence-electron chi connectivity index (χ2n) is 5.31. The second-order valence-corrected chi connectivity index (χ2v) is 5.31. The Morgan fingerprint density at radius 2 is 2.12 bits per heavy atom. The van der Waals surface area contributed by atoms with E-state index >= 15 is 0 Å². The Morgan fingerprint density at radius 3 is 2.82 bits per heavy atom. The van der Waals surface area contributed by atoms with Gasteiger partial charge in [-0.2, -0.15) is 0 Å². The zero-order valence-corrected chi connectivity index (χ0v) is 11.8. The van der Waals surface area contributed by atoms with Crippen molar-refractivity contribution in [3.63, 3.8) is 0 Å². The summed E-state index contributed by atoms with van der Waals surface area (Å²) in [7, 11) is 0. The highest BCUT2D eigenvalue weighted by molar-refractivity contribution is 5.01. The quantitative estimate of drug-likeness (QED) is 0.541. The van der Waals surface area contributed by atoms with Crippen molar-refractivity contribution in [3.05, 3.63) is 12.2 Å². The molecule has 1 saturated heterocycles. The van der Waals surface area contributed by atoms with Crippen LogP contribution in [0.15, 0.2) is 12.2 Å². The Labute approximate surface area is 107 Å². The van der Waals surface area contributed by atoms with Crippen LogP contribution in [0.1, 0.15) is 52.4 Å². The minimum atomic E-state index is 0.792.